The molecule has 1 aliphatic heterocycles. The first-order valence-electron chi connectivity index (χ1n) is 5.52. The lowest BCUT2D eigenvalue weighted by Gasteiger charge is -2.28. The van der Waals surface area contributed by atoms with Gasteiger partial charge in [0.15, 0.2) is 0 Å². The molecule has 0 atom stereocenters. The first kappa shape index (κ1) is 13.0. The van der Waals surface area contributed by atoms with Gasteiger partial charge in [-0.25, -0.2) is 0 Å². The minimum atomic E-state index is -0.905. The number of carbonyl (C=O) groups is 2. The zero-order valence-corrected chi connectivity index (χ0v) is 9.78. The van der Waals surface area contributed by atoms with Crippen molar-refractivity contribution in [1.29, 1.82) is 0 Å². The van der Waals surface area contributed by atoms with E-state index in [-0.39, 0.29) is 18.2 Å². The largest absolute Gasteiger partial charge is 0.481 e. The number of carboxylic acids is 1. The van der Waals surface area contributed by atoms with Crippen LogP contribution in [0.5, 0.6) is 0 Å². The van der Waals surface area contributed by atoms with Crippen molar-refractivity contribution >= 4 is 11.9 Å². The van der Waals surface area contributed by atoms with Crippen LogP contribution in [-0.2, 0) is 14.3 Å². The Morgan fingerprint density at radius 2 is 1.94 bits per heavy atom. The third-order valence-corrected chi connectivity index (χ3v) is 2.65. The van der Waals surface area contributed by atoms with Crippen LogP contribution in [0.1, 0.15) is 33.1 Å². The second kappa shape index (κ2) is 5.30. The van der Waals surface area contributed by atoms with Crippen LogP contribution in [0.25, 0.3) is 0 Å². The van der Waals surface area contributed by atoms with Gasteiger partial charge in [-0.1, -0.05) is 0 Å². The van der Waals surface area contributed by atoms with Gasteiger partial charge < -0.3 is 15.2 Å². The molecule has 0 bridgehead atoms. The van der Waals surface area contributed by atoms with E-state index in [1.807, 2.05) is 0 Å². The number of nitrogens with one attached hydrogen (secondary N) is 1. The molecule has 5 heteroatoms. The molecule has 0 aliphatic carbocycles. The minimum absolute atomic E-state index is 0.0400. The summed E-state index contributed by atoms with van der Waals surface area (Å²) in [5.74, 6) is -1.01. The molecule has 1 rings (SSSR count). The first-order valence-corrected chi connectivity index (χ1v) is 5.52. The summed E-state index contributed by atoms with van der Waals surface area (Å²) in [5, 5.41) is 11.5. The predicted octanol–water partition coefficient (Wildman–Crippen LogP) is 0.782. The van der Waals surface area contributed by atoms with E-state index in [9.17, 15) is 9.59 Å². The zero-order valence-electron chi connectivity index (χ0n) is 9.78. The van der Waals surface area contributed by atoms with Gasteiger partial charge in [0.05, 0.1) is 6.42 Å². The Balaban J connectivity index is 2.45. The molecule has 5 nitrogen and oxygen atoms in total. The normalized spacial score (nSPS) is 18.1. The molecule has 0 aromatic rings. The summed E-state index contributed by atoms with van der Waals surface area (Å²) >= 11 is 0. The van der Waals surface area contributed by atoms with Gasteiger partial charge in [0, 0.05) is 24.7 Å². The molecule has 92 valence electrons. The zero-order chi connectivity index (χ0) is 12.2. The Hall–Kier alpha value is -1.10. The highest BCUT2D eigenvalue weighted by Gasteiger charge is 2.28. The molecular weight excluding hydrogens is 210 g/mol. The molecule has 0 saturated carbocycles. The lowest BCUT2D eigenvalue weighted by Crippen LogP contribution is -2.48. The summed E-state index contributed by atoms with van der Waals surface area (Å²) in [4.78, 5) is 22.4. The second-order valence-corrected chi connectivity index (χ2v) is 4.83. The van der Waals surface area contributed by atoms with Crippen LogP contribution in [0.4, 0.5) is 0 Å². The summed E-state index contributed by atoms with van der Waals surface area (Å²) in [6, 6.07) is 0. The van der Waals surface area contributed by atoms with Crippen LogP contribution in [0.2, 0.25) is 0 Å². The molecule has 2 N–H and O–H groups in total. The van der Waals surface area contributed by atoms with Gasteiger partial charge in [0.25, 0.3) is 0 Å². The molecule has 1 saturated heterocycles. The van der Waals surface area contributed by atoms with Crippen molar-refractivity contribution < 1.29 is 19.4 Å². The van der Waals surface area contributed by atoms with Gasteiger partial charge in [-0.15, -0.1) is 0 Å². The molecule has 1 amide bonds. The van der Waals surface area contributed by atoms with Crippen LogP contribution < -0.4 is 5.32 Å². The number of aliphatic carboxylic acids is 1. The number of carbonyl (C=O) groups excluding carboxylic acids is 1. The van der Waals surface area contributed by atoms with E-state index in [0.29, 0.717) is 13.2 Å². The van der Waals surface area contributed by atoms with Crippen molar-refractivity contribution in [3.05, 3.63) is 0 Å². The summed E-state index contributed by atoms with van der Waals surface area (Å²) < 4.78 is 5.17. The maximum absolute atomic E-state index is 11.8. The lowest BCUT2D eigenvalue weighted by molar-refractivity contribution is -0.139. The first-order chi connectivity index (χ1) is 7.41. The predicted molar refractivity (Wildman–Crippen MR) is 58.0 cm³/mol. The smallest absolute Gasteiger partial charge is 0.305 e. The minimum Gasteiger partial charge on any atom is -0.481 e. The monoisotopic (exact) mass is 229 g/mol. The molecule has 1 heterocycles. The van der Waals surface area contributed by atoms with Crippen molar-refractivity contribution in [2.75, 3.05) is 13.2 Å². The van der Waals surface area contributed by atoms with Gasteiger partial charge in [-0.3, -0.25) is 9.59 Å². The summed E-state index contributed by atoms with van der Waals surface area (Å²) in [7, 11) is 0. The average molecular weight is 229 g/mol. The molecule has 0 radical (unpaired) electrons. The number of ether oxygens (including phenoxy) is 1. The molecular formula is C11H19NO4. The van der Waals surface area contributed by atoms with Crippen molar-refractivity contribution in [2.45, 2.75) is 38.6 Å². The molecule has 16 heavy (non-hydrogen) atoms. The van der Waals surface area contributed by atoms with Crippen molar-refractivity contribution in [3.8, 4) is 0 Å². The summed E-state index contributed by atoms with van der Waals surface area (Å²) in [6.45, 7) is 4.66. The van der Waals surface area contributed by atoms with Crippen molar-refractivity contribution in [3.63, 3.8) is 0 Å². The van der Waals surface area contributed by atoms with Crippen LogP contribution >= 0.6 is 0 Å². The third kappa shape index (κ3) is 4.18. The van der Waals surface area contributed by atoms with E-state index in [1.54, 1.807) is 13.8 Å². The maximum atomic E-state index is 11.8. The Labute approximate surface area is 95.2 Å². The Morgan fingerprint density at radius 1 is 1.38 bits per heavy atom. The standard InChI is InChI=1S/C11H19NO4/c1-11(2,7-9(13)14)12-10(15)8-3-5-16-6-4-8/h8H,3-7H2,1-2H3,(H,12,15)(H,13,14). The van der Waals surface area contributed by atoms with E-state index in [0.717, 1.165) is 12.8 Å². The van der Waals surface area contributed by atoms with Crippen LogP contribution in [-0.4, -0.2) is 35.7 Å². The molecule has 1 aliphatic rings. The number of amides is 1. The van der Waals surface area contributed by atoms with Crippen LogP contribution in [0, 0.1) is 5.92 Å². The van der Waals surface area contributed by atoms with Gasteiger partial charge in [-0.2, -0.15) is 0 Å². The molecule has 0 unspecified atom stereocenters. The van der Waals surface area contributed by atoms with Crippen molar-refractivity contribution in [2.24, 2.45) is 5.92 Å². The van der Waals surface area contributed by atoms with Gasteiger partial charge >= 0.3 is 5.97 Å². The van der Waals surface area contributed by atoms with E-state index < -0.39 is 11.5 Å². The van der Waals surface area contributed by atoms with E-state index >= 15 is 0 Å². The molecule has 0 aromatic carbocycles. The number of hydrogen-bond acceptors (Lipinski definition) is 3. The fourth-order valence-electron chi connectivity index (χ4n) is 1.82. The highest BCUT2D eigenvalue weighted by Crippen LogP contribution is 2.17. The quantitative estimate of drug-likeness (QED) is 0.747. The van der Waals surface area contributed by atoms with Gasteiger partial charge in [0.1, 0.15) is 0 Å². The Bertz CT molecular complexity index is 269. The van der Waals surface area contributed by atoms with Crippen LogP contribution in [0.3, 0.4) is 0 Å². The van der Waals surface area contributed by atoms with E-state index in [4.69, 9.17) is 9.84 Å². The molecule has 0 aromatic heterocycles. The lowest BCUT2D eigenvalue weighted by atomic mass is 9.95. The Kier molecular flexibility index (Phi) is 4.29. The average Bonchev–Trinajstić information content (AvgIpc) is 2.16. The number of carboxylic acid groups (broad SMARTS) is 1. The fraction of sp³-hybridized carbons (Fsp3) is 0.818. The van der Waals surface area contributed by atoms with Gasteiger partial charge in [0.2, 0.25) is 5.91 Å². The SMILES string of the molecule is CC(C)(CC(=O)O)NC(=O)C1CCOCC1. The Morgan fingerprint density at radius 3 is 2.44 bits per heavy atom. The third-order valence-electron chi connectivity index (χ3n) is 2.65. The summed E-state index contributed by atoms with van der Waals surface area (Å²) in [6.07, 6.45) is 1.37. The number of hydrogen-bond donors (Lipinski definition) is 2. The van der Waals surface area contributed by atoms with Crippen molar-refractivity contribution in [1.82, 2.24) is 5.32 Å². The molecule has 1 fully saturated rings. The molecule has 0 spiro atoms. The summed E-state index contributed by atoms with van der Waals surface area (Å²) in [5.41, 5.74) is -0.693. The van der Waals surface area contributed by atoms with E-state index in [1.165, 1.54) is 0 Å². The van der Waals surface area contributed by atoms with E-state index in [2.05, 4.69) is 5.32 Å². The highest BCUT2D eigenvalue weighted by atomic mass is 16.5. The fourth-order valence-corrected chi connectivity index (χ4v) is 1.82. The second-order valence-electron chi connectivity index (χ2n) is 4.83. The highest BCUT2D eigenvalue weighted by molar-refractivity contribution is 5.80. The topological polar surface area (TPSA) is 75.6 Å². The van der Waals surface area contributed by atoms with Crippen LogP contribution in [0.15, 0.2) is 0 Å². The van der Waals surface area contributed by atoms with Gasteiger partial charge in [-0.05, 0) is 26.7 Å². The number of rotatable bonds is 4. The maximum Gasteiger partial charge on any atom is 0.305 e.